The first-order chi connectivity index (χ1) is 9.63. The summed E-state index contributed by atoms with van der Waals surface area (Å²) in [5.74, 6) is 0.721. The fourth-order valence-corrected chi connectivity index (χ4v) is 2.23. The van der Waals surface area contributed by atoms with Gasteiger partial charge in [0.25, 0.3) is 0 Å². The minimum Gasteiger partial charge on any atom is -0.459 e. The van der Waals surface area contributed by atoms with Gasteiger partial charge in [0.1, 0.15) is 11.5 Å². The van der Waals surface area contributed by atoms with Gasteiger partial charge in [-0.15, -0.1) is 0 Å². The molecule has 2 rings (SSSR count). The number of halogens is 3. The molecule has 0 aliphatic carbocycles. The zero-order valence-corrected chi connectivity index (χ0v) is 12.8. The molecule has 5 heteroatoms. The van der Waals surface area contributed by atoms with Gasteiger partial charge >= 0.3 is 6.18 Å². The Labute approximate surface area is 122 Å². The third kappa shape index (κ3) is 3.39. The van der Waals surface area contributed by atoms with Gasteiger partial charge < -0.3 is 4.42 Å². The fourth-order valence-electron chi connectivity index (χ4n) is 2.23. The molecule has 2 heterocycles. The van der Waals surface area contributed by atoms with Crippen molar-refractivity contribution in [3.8, 4) is 0 Å². The Hall–Kier alpha value is -1.52. The van der Waals surface area contributed by atoms with Crippen LogP contribution in [0.3, 0.4) is 0 Å². The van der Waals surface area contributed by atoms with E-state index in [9.17, 15) is 13.2 Å². The van der Waals surface area contributed by atoms with Crippen LogP contribution in [0.1, 0.15) is 57.7 Å². The summed E-state index contributed by atoms with van der Waals surface area (Å²) >= 11 is 0. The van der Waals surface area contributed by atoms with Gasteiger partial charge in [0.15, 0.2) is 5.58 Å². The van der Waals surface area contributed by atoms with Gasteiger partial charge in [-0.05, 0) is 18.6 Å². The number of nitrogens with zero attached hydrogens (tertiary/aromatic N) is 1. The standard InChI is InChI=1S/C16H20F3NO/c1-5-6-7-11-8-10-9-12(16(17,18)19)20-14(13(10)21-11)15(2,3)4/h8-9H,5-7H2,1-4H3. The minimum atomic E-state index is -4.45. The summed E-state index contributed by atoms with van der Waals surface area (Å²) in [4.78, 5) is 3.82. The topological polar surface area (TPSA) is 26.0 Å². The smallest absolute Gasteiger partial charge is 0.433 e. The van der Waals surface area contributed by atoms with Gasteiger partial charge in [0.05, 0.1) is 5.69 Å². The summed E-state index contributed by atoms with van der Waals surface area (Å²) in [7, 11) is 0. The van der Waals surface area contributed by atoms with Crippen LogP contribution in [0.15, 0.2) is 16.5 Å². The monoisotopic (exact) mass is 299 g/mol. The number of fused-ring (bicyclic) bond motifs is 1. The molecule has 0 saturated carbocycles. The molecule has 0 aromatic carbocycles. The lowest BCUT2D eigenvalue weighted by molar-refractivity contribution is -0.141. The Balaban J connectivity index is 2.63. The van der Waals surface area contributed by atoms with Crippen LogP contribution in [0.4, 0.5) is 13.2 Å². The van der Waals surface area contributed by atoms with Crippen molar-refractivity contribution in [1.82, 2.24) is 4.98 Å². The molecule has 2 aromatic heterocycles. The first-order valence-corrected chi connectivity index (χ1v) is 7.14. The number of furan rings is 1. The second kappa shape index (κ2) is 5.35. The molecule has 0 fully saturated rings. The molecule has 0 spiro atoms. The van der Waals surface area contributed by atoms with Crippen molar-refractivity contribution in [3.63, 3.8) is 0 Å². The van der Waals surface area contributed by atoms with E-state index >= 15 is 0 Å². The van der Waals surface area contributed by atoms with Crippen molar-refractivity contribution in [2.75, 3.05) is 0 Å². The summed E-state index contributed by atoms with van der Waals surface area (Å²) in [6, 6.07) is 2.78. The number of unbranched alkanes of at least 4 members (excludes halogenated alkanes) is 1. The van der Waals surface area contributed by atoms with Gasteiger partial charge in [-0.25, -0.2) is 4.98 Å². The normalized spacial score (nSPS) is 13.1. The van der Waals surface area contributed by atoms with E-state index in [2.05, 4.69) is 11.9 Å². The van der Waals surface area contributed by atoms with E-state index in [1.54, 1.807) is 6.07 Å². The summed E-state index contributed by atoms with van der Waals surface area (Å²) in [6.45, 7) is 7.57. The largest absolute Gasteiger partial charge is 0.459 e. The van der Waals surface area contributed by atoms with Crippen LogP contribution in [-0.2, 0) is 18.0 Å². The predicted molar refractivity (Wildman–Crippen MR) is 76.3 cm³/mol. The maximum absolute atomic E-state index is 13.0. The molecule has 2 aromatic rings. The van der Waals surface area contributed by atoms with Gasteiger partial charge in [-0.3, -0.25) is 0 Å². The number of pyridine rings is 1. The second-order valence-corrected chi connectivity index (χ2v) is 6.34. The maximum atomic E-state index is 13.0. The minimum absolute atomic E-state index is 0.357. The van der Waals surface area contributed by atoms with Crippen LogP contribution in [0, 0.1) is 0 Å². The second-order valence-electron chi connectivity index (χ2n) is 6.34. The number of aromatic nitrogens is 1. The molecular formula is C16H20F3NO. The van der Waals surface area contributed by atoms with Gasteiger partial charge in [0.2, 0.25) is 0 Å². The van der Waals surface area contributed by atoms with Gasteiger partial charge in [-0.2, -0.15) is 13.2 Å². The number of rotatable bonds is 3. The number of aryl methyl sites for hydroxylation is 1. The molecule has 0 N–H and O–H groups in total. The fraction of sp³-hybridized carbons (Fsp3) is 0.562. The van der Waals surface area contributed by atoms with Crippen LogP contribution in [0.5, 0.6) is 0 Å². The van der Waals surface area contributed by atoms with E-state index in [-0.39, 0.29) is 0 Å². The average Bonchev–Trinajstić information content (AvgIpc) is 2.75. The van der Waals surface area contributed by atoms with E-state index in [1.807, 2.05) is 20.8 Å². The van der Waals surface area contributed by atoms with Crippen molar-refractivity contribution in [2.24, 2.45) is 0 Å². The third-order valence-electron chi connectivity index (χ3n) is 3.33. The summed E-state index contributed by atoms with van der Waals surface area (Å²) < 4.78 is 44.8. The van der Waals surface area contributed by atoms with E-state index in [1.165, 1.54) is 0 Å². The predicted octanol–water partition coefficient (Wildman–Crippen LogP) is 5.49. The quantitative estimate of drug-likeness (QED) is 0.749. The molecule has 0 radical (unpaired) electrons. The highest BCUT2D eigenvalue weighted by Crippen LogP contribution is 2.36. The first-order valence-electron chi connectivity index (χ1n) is 7.14. The van der Waals surface area contributed by atoms with Crippen molar-refractivity contribution in [3.05, 3.63) is 29.3 Å². The third-order valence-corrected chi connectivity index (χ3v) is 3.33. The summed E-state index contributed by atoms with van der Waals surface area (Å²) in [5.41, 5.74) is -0.543. The first kappa shape index (κ1) is 15.9. The lowest BCUT2D eigenvalue weighted by Gasteiger charge is -2.19. The van der Waals surface area contributed by atoms with Crippen LogP contribution < -0.4 is 0 Å². The highest BCUT2D eigenvalue weighted by molar-refractivity contribution is 5.81. The zero-order chi connectivity index (χ0) is 15.8. The zero-order valence-electron chi connectivity index (χ0n) is 12.8. The van der Waals surface area contributed by atoms with Crippen LogP contribution in [-0.4, -0.2) is 4.98 Å². The molecular weight excluding hydrogens is 279 g/mol. The summed E-state index contributed by atoms with van der Waals surface area (Å²) in [5, 5.41) is 0.480. The molecule has 2 nitrogen and oxygen atoms in total. The Bertz CT molecular complexity index is 635. The lowest BCUT2D eigenvalue weighted by Crippen LogP contribution is -2.18. The average molecular weight is 299 g/mol. The highest BCUT2D eigenvalue weighted by Gasteiger charge is 2.35. The SMILES string of the molecule is CCCCc1cc2cc(C(F)(F)F)nc(C(C)(C)C)c2o1. The number of alkyl halides is 3. The van der Waals surface area contributed by atoms with Gasteiger partial charge in [0, 0.05) is 17.2 Å². The maximum Gasteiger partial charge on any atom is 0.433 e. The molecule has 0 atom stereocenters. The Morgan fingerprint density at radius 2 is 1.81 bits per heavy atom. The number of hydrogen-bond donors (Lipinski definition) is 0. The van der Waals surface area contributed by atoms with E-state index < -0.39 is 17.3 Å². The van der Waals surface area contributed by atoms with Crippen molar-refractivity contribution >= 4 is 11.0 Å². The summed E-state index contributed by atoms with van der Waals surface area (Å²) in [6.07, 6.45) is -1.76. The van der Waals surface area contributed by atoms with Crippen LogP contribution >= 0.6 is 0 Å². The highest BCUT2D eigenvalue weighted by atomic mass is 19.4. The molecule has 0 saturated heterocycles. The number of hydrogen-bond acceptors (Lipinski definition) is 2. The van der Waals surface area contributed by atoms with Crippen molar-refractivity contribution in [1.29, 1.82) is 0 Å². The van der Waals surface area contributed by atoms with E-state index in [0.29, 0.717) is 16.7 Å². The van der Waals surface area contributed by atoms with E-state index in [4.69, 9.17) is 4.42 Å². The Kier molecular flexibility index (Phi) is 4.04. The molecule has 116 valence electrons. The molecule has 0 amide bonds. The molecule has 0 aliphatic rings. The lowest BCUT2D eigenvalue weighted by atomic mass is 9.90. The molecule has 21 heavy (non-hydrogen) atoms. The van der Waals surface area contributed by atoms with Crippen molar-refractivity contribution < 1.29 is 17.6 Å². The van der Waals surface area contributed by atoms with Gasteiger partial charge in [-0.1, -0.05) is 34.1 Å². The molecule has 0 unspecified atom stereocenters. The Morgan fingerprint density at radius 3 is 2.33 bits per heavy atom. The molecule has 0 bridgehead atoms. The Morgan fingerprint density at radius 1 is 1.14 bits per heavy atom. The van der Waals surface area contributed by atoms with Crippen LogP contribution in [0.25, 0.3) is 11.0 Å². The van der Waals surface area contributed by atoms with Crippen LogP contribution in [0.2, 0.25) is 0 Å². The molecule has 0 aliphatic heterocycles. The van der Waals surface area contributed by atoms with Crippen molar-refractivity contribution in [2.45, 2.75) is 58.5 Å². The van der Waals surface area contributed by atoms with E-state index in [0.717, 1.165) is 31.1 Å².